The summed E-state index contributed by atoms with van der Waals surface area (Å²) in [5, 5.41) is 6.16. The number of aryl methyl sites for hydroxylation is 1. The summed E-state index contributed by atoms with van der Waals surface area (Å²) in [5.41, 5.74) is 6.48. The largest absolute Gasteiger partial charge is 0.368 e. The van der Waals surface area contributed by atoms with E-state index in [2.05, 4.69) is 20.6 Å². The van der Waals surface area contributed by atoms with Crippen LogP contribution in [0, 0.1) is 12.8 Å². The highest BCUT2D eigenvalue weighted by atomic mass is 16.5. The average Bonchev–Trinajstić information content (AvgIpc) is 2.92. The summed E-state index contributed by atoms with van der Waals surface area (Å²) in [4.78, 5) is 35.8. The van der Waals surface area contributed by atoms with Crippen LogP contribution < -0.4 is 16.4 Å². The molecule has 0 aliphatic carbocycles. The second-order valence-corrected chi connectivity index (χ2v) is 8.55. The van der Waals surface area contributed by atoms with Crippen LogP contribution in [-0.2, 0) is 4.74 Å². The Morgan fingerprint density at radius 3 is 2.75 bits per heavy atom. The van der Waals surface area contributed by atoms with Gasteiger partial charge in [0, 0.05) is 30.3 Å². The van der Waals surface area contributed by atoms with E-state index in [1.54, 1.807) is 6.07 Å². The molecule has 5 heterocycles. The van der Waals surface area contributed by atoms with E-state index in [1.807, 2.05) is 11.8 Å². The van der Waals surface area contributed by atoms with Gasteiger partial charge in [-0.2, -0.15) is 0 Å². The third-order valence-electron chi connectivity index (χ3n) is 6.81. The molecule has 0 saturated carbocycles. The first-order valence-corrected chi connectivity index (χ1v) is 10.1. The summed E-state index contributed by atoms with van der Waals surface area (Å²) in [7, 11) is 0. The van der Waals surface area contributed by atoms with Gasteiger partial charge in [-0.05, 0) is 51.5 Å². The van der Waals surface area contributed by atoms with Crippen LogP contribution in [0.1, 0.15) is 54.7 Å². The Morgan fingerprint density at radius 1 is 1.29 bits per heavy atom. The summed E-state index contributed by atoms with van der Waals surface area (Å²) in [6.07, 6.45) is 5.19. The zero-order chi connectivity index (χ0) is 19.5. The highest BCUT2D eigenvalue weighted by molar-refractivity contribution is 5.93. The molecule has 9 nitrogen and oxygen atoms in total. The predicted octanol–water partition coefficient (Wildman–Crippen LogP) is 0.939. The van der Waals surface area contributed by atoms with Crippen LogP contribution in [-0.4, -0.2) is 57.3 Å². The van der Waals surface area contributed by atoms with E-state index in [-0.39, 0.29) is 47.7 Å². The smallest absolute Gasteiger partial charge is 0.317 e. The number of amides is 3. The number of nitrogens with zero attached hydrogens (tertiary/aromatic N) is 3. The van der Waals surface area contributed by atoms with Gasteiger partial charge in [0.25, 0.3) is 5.91 Å². The molecular formula is C19H26N6O3. The van der Waals surface area contributed by atoms with Gasteiger partial charge >= 0.3 is 6.03 Å². The van der Waals surface area contributed by atoms with Crippen molar-refractivity contribution in [2.24, 2.45) is 5.92 Å². The molecule has 1 aromatic heterocycles. The fraction of sp³-hybridized carbons (Fsp3) is 0.684. The lowest BCUT2D eigenvalue weighted by Crippen LogP contribution is -2.73. The summed E-state index contributed by atoms with van der Waals surface area (Å²) in [6, 6.07) is 1.70. The van der Waals surface area contributed by atoms with Gasteiger partial charge in [-0.3, -0.25) is 4.79 Å². The van der Waals surface area contributed by atoms with Crippen molar-refractivity contribution in [3.05, 3.63) is 17.5 Å². The first-order valence-electron chi connectivity index (χ1n) is 10.1. The maximum Gasteiger partial charge on any atom is 0.317 e. The fourth-order valence-electron chi connectivity index (χ4n) is 5.83. The van der Waals surface area contributed by atoms with Gasteiger partial charge in [0.05, 0.1) is 5.54 Å². The second kappa shape index (κ2) is 6.30. The molecule has 1 aromatic rings. The number of urea groups is 1. The van der Waals surface area contributed by atoms with Gasteiger partial charge in [0.15, 0.2) is 0 Å². The molecule has 4 saturated heterocycles. The molecular weight excluding hydrogens is 360 g/mol. The summed E-state index contributed by atoms with van der Waals surface area (Å²) in [5.74, 6) is 0.268. The molecule has 4 N–H and O–H groups in total. The van der Waals surface area contributed by atoms with Crippen molar-refractivity contribution in [2.45, 2.75) is 69.3 Å². The van der Waals surface area contributed by atoms with Crippen molar-refractivity contribution < 1.29 is 14.3 Å². The van der Waals surface area contributed by atoms with E-state index in [0.29, 0.717) is 18.0 Å². The van der Waals surface area contributed by atoms with Crippen molar-refractivity contribution in [1.29, 1.82) is 0 Å². The molecule has 4 fully saturated rings. The van der Waals surface area contributed by atoms with Crippen LogP contribution in [0.5, 0.6) is 0 Å². The number of fused-ring (bicyclic) bond motifs is 4. The lowest BCUT2D eigenvalue weighted by Gasteiger charge is -2.55. The van der Waals surface area contributed by atoms with Gasteiger partial charge in [0.1, 0.15) is 11.9 Å². The molecule has 4 atom stereocenters. The Balaban J connectivity index is 1.43. The molecule has 0 aromatic carbocycles. The lowest BCUT2D eigenvalue weighted by atomic mass is 9.69. The SMILES string of the molecule is Cc1cc(C(=O)N2C3CCC2CC2(C3)NC(=O)N[C@H]3OCCC[C@H]32)nc(N)n1. The van der Waals surface area contributed by atoms with Gasteiger partial charge < -0.3 is 26.0 Å². The minimum absolute atomic E-state index is 0.0868. The molecule has 2 bridgehead atoms. The first-order chi connectivity index (χ1) is 13.4. The molecule has 5 rings (SSSR count). The van der Waals surface area contributed by atoms with Crippen LogP contribution in [0.4, 0.5) is 10.7 Å². The number of carbonyl (C=O) groups excluding carboxylic acids is 2. The number of aromatic nitrogens is 2. The minimum Gasteiger partial charge on any atom is -0.368 e. The molecule has 3 amide bonds. The molecule has 2 unspecified atom stereocenters. The third kappa shape index (κ3) is 2.71. The quantitative estimate of drug-likeness (QED) is 0.660. The Morgan fingerprint density at radius 2 is 2.04 bits per heavy atom. The molecule has 1 spiro atoms. The van der Waals surface area contributed by atoms with Crippen LogP contribution >= 0.6 is 0 Å². The highest BCUT2D eigenvalue weighted by Gasteiger charge is 2.58. The maximum atomic E-state index is 13.2. The Hall–Kier alpha value is -2.42. The standard InChI is InChI=1S/C19H26N6O3/c1-10-7-14(22-17(20)21-10)16(26)25-11-4-5-12(25)9-19(8-11)13-3-2-6-28-15(13)23-18(27)24-19/h7,11-13,15H,2-6,8-9H2,1H3,(H2,20,21,22)(H2,23,24,27)/t11?,12?,13-,15+,19?/m1/s1. The maximum absolute atomic E-state index is 13.2. The van der Waals surface area contributed by atoms with Gasteiger partial charge in [0.2, 0.25) is 5.95 Å². The minimum atomic E-state index is -0.309. The van der Waals surface area contributed by atoms with E-state index in [0.717, 1.165) is 38.5 Å². The molecule has 9 heteroatoms. The van der Waals surface area contributed by atoms with Crippen molar-refractivity contribution >= 4 is 17.9 Å². The number of piperidine rings is 1. The summed E-state index contributed by atoms with van der Waals surface area (Å²) in [6.45, 7) is 2.49. The third-order valence-corrected chi connectivity index (χ3v) is 6.81. The van der Waals surface area contributed by atoms with Gasteiger partial charge in [-0.15, -0.1) is 0 Å². The van der Waals surface area contributed by atoms with E-state index in [1.165, 1.54) is 0 Å². The number of anilines is 1. The molecule has 150 valence electrons. The number of nitrogens with one attached hydrogen (secondary N) is 2. The van der Waals surface area contributed by atoms with Crippen LogP contribution in [0.15, 0.2) is 6.07 Å². The first kappa shape index (κ1) is 17.7. The number of hydrogen-bond donors (Lipinski definition) is 3. The van der Waals surface area contributed by atoms with Crippen molar-refractivity contribution in [1.82, 2.24) is 25.5 Å². The monoisotopic (exact) mass is 386 g/mol. The van der Waals surface area contributed by atoms with Crippen LogP contribution in [0.25, 0.3) is 0 Å². The van der Waals surface area contributed by atoms with Crippen LogP contribution in [0.3, 0.4) is 0 Å². The second-order valence-electron chi connectivity index (χ2n) is 8.55. The fourth-order valence-corrected chi connectivity index (χ4v) is 5.83. The molecule has 28 heavy (non-hydrogen) atoms. The van der Waals surface area contributed by atoms with Gasteiger partial charge in [-0.1, -0.05) is 0 Å². The van der Waals surface area contributed by atoms with Crippen molar-refractivity contribution in [3.8, 4) is 0 Å². The Labute approximate surface area is 163 Å². The lowest BCUT2D eigenvalue weighted by molar-refractivity contribution is -0.0993. The molecule has 4 aliphatic heterocycles. The van der Waals surface area contributed by atoms with Crippen molar-refractivity contribution in [3.63, 3.8) is 0 Å². The zero-order valence-electron chi connectivity index (χ0n) is 16.0. The van der Waals surface area contributed by atoms with E-state index in [4.69, 9.17) is 10.5 Å². The number of rotatable bonds is 1. The highest BCUT2D eigenvalue weighted by Crippen LogP contribution is 2.48. The average molecular weight is 386 g/mol. The number of carbonyl (C=O) groups is 2. The van der Waals surface area contributed by atoms with Gasteiger partial charge in [-0.25, -0.2) is 14.8 Å². The predicted molar refractivity (Wildman–Crippen MR) is 100 cm³/mol. The van der Waals surface area contributed by atoms with E-state index >= 15 is 0 Å². The van der Waals surface area contributed by atoms with Crippen molar-refractivity contribution in [2.75, 3.05) is 12.3 Å². The number of ether oxygens (including phenoxy) is 1. The number of nitrogen functional groups attached to an aromatic ring is 1. The van der Waals surface area contributed by atoms with E-state index < -0.39 is 0 Å². The normalized spacial score (nSPS) is 36.6. The topological polar surface area (TPSA) is 122 Å². The Kier molecular flexibility index (Phi) is 3.97. The number of nitrogens with two attached hydrogens (primary N) is 1. The zero-order valence-corrected chi connectivity index (χ0v) is 16.0. The number of hydrogen-bond acceptors (Lipinski definition) is 6. The summed E-state index contributed by atoms with van der Waals surface area (Å²) < 4.78 is 5.86. The Bertz CT molecular complexity index is 796. The molecule has 0 radical (unpaired) electrons. The summed E-state index contributed by atoms with van der Waals surface area (Å²) >= 11 is 0. The van der Waals surface area contributed by atoms with Crippen LogP contribution in [0.2, 0.25) is 0 Å². The molecule has 4 aliphatic rings. The van der Waals surface area contributed by atoms with E-state index in [9.17, 15) is 9.59 Å².